The van der Waals surface area contributed by atoms with Gasteiger partial charge in [-0.3, -0.25) is 4.79 Å². The summed E-state index contributed by atoms with van der Waals surface area (Å²) < 4.78 is 6.52. The molecule has 0 spiro atoms. The fourth-order valence-electron chi connectivity index (χ4n) is 2.92. The summed E-state index contributed by atoms with van der Waals surface area (Å²) >= 11 is 0. The molecule has 1 heterocycles. The quantitative estimate of drug-likeness (QED) is 0.539. The van der Waals surface area contributed by atoms with E-state index in [0.29, 0.717) is 17.7 Å². The van der Waals surface area contributed by atoms with Crippen molar-refractivity contribution in [1.29, 1.82) is 0 Å². The maximum atomic E-state index is 12.7. The molecular formula is C21H19NO3. The molecule has 1 aromatic heterocycles. The Bertz CT molecular complexity index is 1000. The van der Waals surface area contributed by atoms with E-state index in [1.807, 2.05) is 54.6 Å². The largest absolute Gasteiger partial charge is 0.463 e. The third-order valence-corrected chi connectivity index (χ3v) is 4.08. The van der Waals surface area contributed by atoms with Gasteiger partial charge in [0, 0.05) is 24.1 Å². The minimum absolute atomic E-state index is 0.0983. The number of hydrogen-bond acceptors (Lipinski definition) is 3. The van der Waals surface area contributed by atoms with E-state index in [4.69, 9.17) is 4.74 Å². The SMILES string of the molecule is CCOC(=O)/C=C/c1c(-c2ccccc2)c2ccccc2c(=O)n1C. The summed E-state index contributed by atoms with van der Waals surface area (Å²) in [6.07, 6.45) is 3.01. The topological polar surface area (TPSA) is 48.3 Å². The molecule has 0 amide bonds. The molecule has 0 bridgehead atoms. The molecule has 0 saturated heterocycles. The van der Waals surface area contributed by atoms with Gasteiger partial charge in [0.1, 0.15) is 0 Å². The molecule has 4 heteroatoms. The number of benzene rings is 2. The van der Waals surface area contributed by atoms with Gasteiger partial charge in [0.2, 0.25) is 0 Å². The lowest BCUT2D eigenvalue weighted by molar-refractivity contribution is -0.137. The highest BCUT2D eigenvalue weighted by molar-refractivity contribution is 6.00. The number of carbonyl (C=O) groups excluding carboxylic acids is 1. The first-order chi connectivity index (χ1) is 12.1. The molecule has 0 aliphatic heterocycles. The Morgan fingerprint density at radius 2 is 1.68 bits per heavy atom. The van der Waals surface area contributed by atoms with Crippen LogP contribution in [0.15, 0.2) is 65.5 Å². The van der Waals surface area contributed by atoms with Crippen molar-refractivity contribution in [3.8, 4) is 11.1 Å². The predicted octanol–water partition coefficient (Wildman–Crippen LogP) is 3.78. The van der Waals surface area contributed by atoms with Crippen LogP contribution in [0.25, 0.3) is 28.0 Å². The third-order valence-electron chi connectivity index (χ3n) is 4.08. The highest BCUT2D eigenvalue weighted by Crippen LogP contribution is 2.31. The molecule has 0 radical (unpaired) electrons. The zero-order chi connectivity index (χ0) is 17.8. The van der Waals surface area contributed by atoms with Gasteiger partial charge in [-0.15, -0.1) is 0 Å². The van der Waals surface area contributed by atoms with Gasteiger partial charge in [0.15, 0.2) is 0 Å². The first kappa shape index (κ1) is 16.7. The Labute approximate surface area is 146 Å². The molecule has 0 fully saturated rings. The Morgan fingerprint density at radius 3 is 2.36 bits per heavy atom. The lowest BCUT2D eigenvalue weighted by atomic mass is 9.96. The maximum Gasteiger partial charge on any atom is 0.330 e. The van der Waals surface area contributed by atoms with E-state index in [-0.39, 0.29) is 5.56 Å². The van der Waals surface area contributed by atoms with Crippen LogP contribution in [0.1, 0.15) is 12.6 Å². The number of rotatable bonds is 4. The molecule has 25 heavy (non-hydrogen) atoms. The highest BCUT2D eigenvalue weighted by atomic mass is 16.5. The Morgan fingerprint density at radius 1 is 1.04 bits per heavy atom. The standard InChI is InChI=1S/C21H19NO3/c1-3-25-19(23)14-13-18-20(15-9-5-4-6-10-15)16-11-7-8-12-17(16)21(24)22(18)2/h4-14H,3H2,1-2H3/b14-13+. The summed E-state index contributed by atoms with van der Waals surface area (Å²) in [5.41, 5.74) is 2.47. The van der Waals surface area contributed by atoms with Crippen LogP contribution >= 0.6 is 0 Å². The Kier molecular flexibility index (Phi) is 4.80. The van der Waals surface area contributed by atoms with E-state index in [1.165, 1.54) is 6.08 Å². The number of pyridine rings is 1. The second-order valence-electron chi connectivity index (χ2n) is 5.62. The van der Waals surface area contributed by atoms with Gasteiger partial charge in [-0.25, -0.2) is 4.79 Å². The van der Waals surface area contributed by atoms with Crippen molar-refractivity contribution in [3.05, 3.63) is 76.7 Å². The molecule has 3 aromatic rings. The molecule has 0 aliphatic rings. The van der Waals surface area contributed by atoms with E-state index in [1.54, 1.807) is 24.6 Å². The molecule has 2 aromatic carbocycles. The number of hydrogen-bond donors (Lipinski definition) is 0. The van der Waals surface area contributed by atoms with Crippen LogP contribution in [0.2, 0.25) is 0 Å². The number of ether oxygens (including phenoxy) is 1. The molecule has 0 atom stereocenters. The van der Waals surface area contributed by atoms with Crippen molar-refractivity contribution in [2.24, 2.45) is 7.05 Å². The third kappa shape index (κ3) is 3.24. The molecule has 0 aliphatic carbocycles. The van der Waals surface area contributed by atoms with E-state index >= 15 is 0 Å². The lowest BCUT2D eigenvalue weighted by Gasteiger charge is -2.15. The van der Waals surface area contributed by atoms with Gasteiger partial charge < -0.3 is 9.30 Å². The van der Waals surface area contributed by atoms with Crippen molar-refractivity contribution < 1.29 is 9.53 Å². The van der Waals surface area contributed by atoms with Gasteiger partial charge in [-0.05, 0) is 30.0 Å². The van der Waals surface area contributed by atoms with Crippen LogP contribution in [0.4, 0.5) is 0 Å². The number of nitrogens with zero attached hydrogens (tertiary/aromatic N) is 1. The zero-order valence-electron chi connectivity index (χ0n) is 14.2. The molecule has 0 unspecified atom stereocenters. The number of esters is 1. The zero-order valence-corrected chi connectivity index (χ0v) is 14.2. The minimum Gasteiger partial charge on any atom is -0.463 e. The Balaban J connectivity index is 2.33. The van der Waals surface area contributed by atoms with E-state index in [2.05, 4.69) is 0 Å². The fourth-order valence-corrected chi connectivity index (χ4v) is 2.92. The molecule has 126 valence electrons. The number of aromatic nitrogens is 1. The summed E-state index contributed by atoms with van der Waals surface area (Å²) in [5, 5.41) is 1.51. The molecule has 0 N–H and O–H groups in total. The van der Waals surface area contributed by atoms with Crippen LogP contribution in [-0.4, -0.2) is 17.1 Å². The number of carbonyl (C=O) groups is 1. The van der Waals surface area contributed by atoms with Crippen molar-refractivity contribution in [3.63, 3.8) is 0 Å². The summed E-state index contributed by atoms with van der Waals surface area (Å²) in [6, 6.07) is 17.4. The summed E-state index contributed by atoms with van der Waals surface area (Å²) in [6.45, 7) is 2.07. The van der Waals surface area contributed by atoms with E-state index < -0.39 is 5.97 Å². The van der Waals surface area contributed by atoms with Gasteiger partial charge in [0.25, 0.3) is 5.56 Å². The van der Waals surface area contributed by atoms with Crippen LogP contribution in [0, 0.1) is 0 Å². The summed E-state index contributed by atoms with van der Waals surface area (Å²) in [5.74, 6) is -0.429. The first-order valence-corrected chi connectivity index (χ1v) is 8.15. The van der Waals surface area contributed by atoms with Gasteiger partial charge in [-0.2, -0.15) is 0 Å². The Hall–Kier alpha value is -3.14. The van der Waals surface area contributed by atoms with E-state index in [9.17, 15) is 9.59 Å². The van der Waals surface area contributed by atoms with Crippen molar-refractivity contribution in [2.45, 2.75) is 6.92 Å². The van der Waals surface area contributed by atoms with Gasteiger partial charge >= 0.3 is 5.97 Å². The minimum atomic E-state index is -0.429. The van der Waals surface area contributed by atoms with Gasteiger partial charge in [-0.1, -0.05) is 48.5 Å². The summed E-state index contributed by atoms with van der Waals surface area (Å²) in [7, 11) is 1.71. The predicted molar refractivity (Wildman–Crippen MR) is 100 cm³/mol. The monoisotopic (exact) mass is 333 g/mol. The smallest absolute Gasteiger partial charge is 0.330 e. The molecule has 0 saturated carbocycles. The second kappa shape index (κ2) is 7.18. The molecule has 4 nitrogen and oxygen atoms in total. The first-order valence-electron chi connectivity index (χ1n) is 8.15. The van der Waals surface area contributed by atoms with Gasteiger partial charge in [0.05, 0.1) is 12.3 Å². The molecular weight excluding hydrogens is 314 g/mol. The average molecular weight is 333 g/mol. The maximum absolute atomic E-state index is 12.7. The van der Waals surface area contributed by atoms with Crippen molar-refractivity contribution in [2.75, 3.05) is 6.61 Å². The van der Waals surface area contributed by atoms with Crippen LogP contribution in [-0.2, 0) is 16.6 Å². The van der Waals surface area contributed by atoms with Crippen molar-refractivity contribution >= 4 is 22.8 Å². The van der Waals surface area contributed by atoms with Crippen LogP contribution in [0.5, 0.6) is 0 Å². The van der Waals surface area contributed by atoms with Crippen molar-refractivity contribution in [1.82, 2.24) is 4.57 Å². The van der Waals surface area contributed by atoms with E-state index in [0.717, 1.165) is 16.5 Å². The number of fused-ring (bicyclic) bond motifs is 1. The average Bonchev–Trinajstić information content (AvgIpc) is 2.64. The van der Waals surface area contributed by atoms with Crippen LogP contribution in [0.3, 0.4) is 0 Å². The van der Waals surface area contributed by atoms with Crippen LogP contribution < -0.4 is 5.56 Å². The molecule has 3 rings (SSSR count). The lowest BCUT2D eigenvalue weighted by Crippen LogP contribution is -2.20. The second-order valence-corrected chi connectivity index (χ2v) is 5.62. The fraction of sp³-hybridized carbons (Fsp3) is 0.143. The highest BCUT2D eigenvalue weighted by Gasteiger charge is 2.14. The summed E-state index contributed by atoms with van der Waals surface area (Å²) in [4.78, 5) is 24.4. The normalized spacial score (nSPS) is 11.1.